The highest BCUT2D eigenvalue weighted by Gasteiger charge is 1.94. The van der Waals surface area contributed by atoms with Gasteiger partial charge in [0.2, 0.25) is 0 Å². The first-order valence-corrected chi connectivity index (χ1v) is 5.04. The molecule has 0 saturated carbocycles. The molecule has 0 atom stereocenters. The van der Waals surface area contributed by atoms with Crippen LogP contribution in [0.1, 0.15) is 16.7 Å². The van der Waals surface area contributed by atoms with E-state index in [0.717, 1.165) is 16.7 Å². The molecule has 0 fully saturated rings. The molecule has 0 unspecified atom stereocenters. The van der Waals surface area contributed by atoms with Gasteiger partial charge >= 0.3 is 0 Å². The minimum absolute atomic E-state index is 0.710. The van der Waals surface area contributed by atoms with Crippen molar-refractivity contribution in [1.82, 2.24) is 4.98 Å². The molecule has 1 aromatic heterocycles. The molecule has 1 heterocycles. The number of hydrogen-bond acceptors (Lipinski definition) is 2. The van der Waals surface area contributed by atoms with Crippen LogP contribution in [-0.4, -0.2) is 4.98 Å². The summed E-state index contributed by atoms with van der Waals surface area (Å²) in [6.45, 7) is 2.02. The Labute approximate surface area is 95.1 Å². The molecular formula is C14H12N2. The van der Waals surface area contributed by atoms with Gasteiger partial charge in [-0.25, -0.2) is 0 Å². The maximum Gasteiger partial charge on any atom is 0.0481 e. The Morgan fingerprint density at radius 2 is 2.06 bits per heavy atom. The lowest BCUT2D eigenvalue weighted by molar-refractivity contribution is 1.31. The SMILES string of the molecule is Cc1ccc(N)c(C#Cc2cccnc2)c1. The first-order valence-electron chi connectivity index (χ1n) is 5.04. The molecular weight excluding hydrogens is 196 g/mol. The minimum atomic E-state index is 0.710. The fourth-order valence-electron chi connectivity index (χ4n) is 1.35. The molecule has 0 aliphatic rings. The smallest absolute Gasteiger partial charge is 0.0481 e. The van der Waals surface area contributed by atoms with Gasteiger partial charge in [0, 0.05) is 29.2 Å². The van der Waals surface area contributed by atoms with Gasteiger partial charge in [0.15, 0.2) is 0 Å². The average Bonchev–Trinajstić information content (AvgIpc) is 2.32. The molecule has 0 spiro atoms. The molecule has 0 aliphatic heterocycles. The Balaban J connectivity index is 2.34. The Kier molecular flexibility index (Phi) is 2.88. The van der Waals surface area contributed by atoms with Crippen molar-refractivity contribution < 1.29 is 0 Å². The molecule has 0 bridgehead atoms. The monoisotopic (exact) mass is 208 g/mol. The third-order valence-corrected chi connectivity index (χ3v) is 2.21. The van der Waals surface area contributed by atoms with E-state index in [2.05, 4.69) is 16.8 Å². The van der Waals surface area contributed by atoms with E-state index >= 15 is 0 Å². The highest BCUT2D eigenvalue weighted by molar-refractivity contribution is 5.58. The van der Waals surface area contributed by atoms with E-state index in [4.69, 9.17) is 5.73 Å². The highest BCUT2D eigenvalue weighted by atomic mass is 14.6. The molecule has 0 amide bonds. The average molecular weight is 208 g/mol. The molecule has 2 aromatic rings. The Morgan fingerprint density at radius 1 is 1.19 bits per heavy atom. The maximum atomic E-state index is 5.84. The van der Waals surface area contributed by atoms with Crippen molar-refractivity contribution in [2.24, 2.45) is 0 Å². The molecule has 78 valence electrons. The first kappa shape index (κ1) is 10.3. The van der Waals surface area contributed by atoms with E-state index in [0.29, 0.717) is 5.69 Å². The van der Waals surface area contributed by atoms with Crippen LogP contribution in [-0.2, 0) is 0 Å². The number of aryl methyl sites for hydroxylation is 1. The lowest BCUT2D eigenvalue weighted by Gasteiger charge is -1.98. The van der Waals surface area contributed by atoms with Gasteiger partial charge in [0.05, 0.1) is 0 Å². The molecule has 1 aromatic carbocycles. The quantitative estimate of drug-likeness (QED) is 0.533. The number of nitrogens with zero attached hydrogens (tertiary/aromatic N) is 1. The molecule has 16 heavy (non-hydrogen) atoms. The van der Waals surface area contributed by atoms with E-state index in [1.807, 2.05) is 37.3 Å². The molecule has 0 aliphatic carbocycles. The molecule has 2 heteroatoms. The van der Waals surface area contributed by atoms with Gasteiger partial charge in [-0.15, -0.1) is 0 Å². The number of rotatable bonds is 0. The molecule has 2 nitrogen and oxygen atoms in total. The van der Waals surface area contributed by atoms with Crippen molar-refractivity contribution in [3.63, 3.8) is 0 Å². The van der Waals surface area contributed by atoms with Crippen LogP contribution in [0, 0.1) is 18.8 Å². The predicted octanol–water partition coefficient (Wildman–Crippen LogP) is 2.37. The Bertz CT molecular complexity index is 548. The summed E-state index contributed by atoms with van der Waals surface area (Å²) in [5.41, 5.74) is 9.46. The van der Waals surface area contributed by atoms with Gasteiger partial charge in [0.25, 0.3) is 0 Å². The third-order valence-electron chi connectivity index (χ3n) is 2.21. The van der Waals surface area contributed by atoms with Crippen molar-refractivity contribution in [3.05, 3.63) is 59.4 Å². The highest BCUT2D eigenvalue weighted by Crippen LogP contribution is 2.12. The van der Waals surface area contributed by atoms with Crippen molar-refractivity contribution in [1.29, 1.82) is 0 Å². The summed E-state index contributed by atoms with van der Waals surface area (Å²) in [6.07, 6.45) is 3.46. The van der Waals surface area contributed by atoms with Crippen LogP contribution in [0.4, 0.5) is 5.69 Å². The normalized spacial score (nSPS) is 9.31. The van der Waals surface area contributed by atoms with Crippen molar-refractivity contribution in [3.8, 4) is 11.8 Å². The van der Waals surface area contributed by atoms with Crippen molar-refractivity contribution in [2.75, 3.05) is 5.73 Å². The fourth-order valence-corrected chi connectivity index (χ4v) is 1.35. The summed E-state index contributed by atoms with van der Waals surface area (Å²) in [4.78, 5) is 4.00. The van der Waals surface area contributed by atoms with E-state index in [-0.39, 0.29) is 0 Å². The largest absolute Gasteiger partial charge is 0.398 e. The van der Waals surface area contributed by atoms with Crippen molar-refractivity contribution in [2.45, 2.75) is 6.92 Å². The van der Waals surface area contributed by atoms with Gasteiger partial charge in [-0.1, -0.05) is 17.9 Å². The van der Waals surface area contributed by atoms with Crippen LogP contribution in [0.3, 0.4) is 0 Å². The second kappa shape index (κ2) is 4.50. The van der Waals surface area contributed by atoms with Crippen LogP contribution in [0.25, 0.3) is 0 Å². The predicted molar refractivity (Wildman–Crippen MR) is 65.8 cm³/mol. The number of hydrogen-bond donors (Lipinski definition) is 1. The topological polar surface area (TPSA) is 38.9 Å². The number of nitrogen functional groups attached to an aromatic ring is 1. The molecule has 0 saturated heterocycles. The Hall–Kier alpha value is -2.27. The van der Waals surface area contributed by atoms with Gasteiger partial charge < -0.3 is 5.73 Å². The lowest BCUT2D eigenvalue weighted by atomic mass is 10.1. The van der Waals surface area contributed by atoms with Crippen LogP contribution < -0.4 is 5.73 Å². The zero-order chi connectivity index (χ0) is 11.4. The number of nitrogens with two attached hydrogens (primary N) is 1. The van der Waals surface area contributed by atoms with Crippen LogP contribution in [0.15, 0.2) is 42.7 Å². The second-order valence-corrected chi connectivity index (χ2v) is 3.58. The van der Waals surface area contributed by atoms with Gasteiger partial charge in [-0.2, -0.15) is 0 Å². The van der Waals surface area contributed by atoms with Crippen molar-refractivity contribution >= 4 is 5.69 Å². The zero-order valence-electron chi connectivity index (χ0n) is 9.07. The number of benzene rings is 1. The summed E-state index contributed by atoms with van der Waals surface area (Å²) < 4.78 is 0. The summed E-state index contributed by atoms with van der Waals surface area (Å²) in [6, 6.07) is 9.63. The van der Waals surface area contributed by atoms with Crippen LogP contribution in [0.5, 0.6) is 0 Å². The fraction of sp³-hybridized carbons (Fsp3) is 0.0714. The second-order valence-electron chi connectivity index (χ2n) is 3.58. The summed E-state index contributed by atoms with van der Waals surface area (Å²) in [5.74, 6) is 6.09. The van der Waals surface area contributed by atoms with Crippen LogP contribution in [0.2, 0.25) is 0 Å². The van der Waals surface area contributed by atoms with E-state index in [1.165, 1.54) is 0 Å². The summed E-state index contributed by atoms with van der Waals surface area (Å²) >= 11 is 0. The lowest BCUT2D eigenvalue weighted by Crippen LogP contribution is -1.90. The van der Waals surface area contributed by atoms with Gasteiger partial charge in [-0.05, 0) is 36.8 Å². The van der Waals surface area contributed by atoms with E-state index in [1.54, 1.807) is 12.4 Å². The summed E-state index contributed by atoms with van der Waals surface area (Å²) in [5, 5.41) is 0. The van der Waals surface area contributed by atoms with E-state index in [9.17, 15) is 0 Å². The van der Waals surface area contributed by atoms with Gasteiger partial charge in [0.1, 0.15) is 0 Å². The summed E-state index contributed by atoms with van der Waals surface area (Å²) in [7, 11) is 0. The number of pyridine rings is 1. The van der Waals surface area contributed by atoms with Gasteiger partial charge in [-0.3, -0.25) is 4.98 Å². The first-order chi connectivity index (χ1) is 7.75. The third kappa shape index (κ3) is 2.40. The maximum absolute atomic E-state index is 5.84. The number of anilines is 1. The Morgan fingerprint density at radius 3 is 2.81 bits per heavy atom. The minimum Gasteiger partial charge on any atom is -0.398 e. The molecule has 2 N–H and O–H groups in total. The standard InChI is InChI=1S/C14H12N2/c1-11-4-7-14(15)13(9-11)6-5-12-3-2-8-16-10-12/h2-4,7-10H,15H2,1H3. The number of aromatic nitrogens is 1. The molecule has 0 radical (unpaired) electrons. The zero-order valence-corrected chi connectivity index (χ0v) is 9.07. The van der Waals surface area contributed by atoms with E-state index < -0.39 is 0 Å². The molecule has 2 rings (SSSR count). The van der Waals surface area contributed by atoms with Crippen LogP contribution >= 0.6 is 0 Å².